The molecule has 0 radical (unpaired) electrons. The van der Waals surface area contributed by atoms with Crippen molar-refractivity contribution in [3.05, 3.63) is 84.7 Å². The standard InChI is InChI=1S/C26H22N3O4S/c1-3-33-26(31)18(17-27)16-22(28-14-12-19(32-2)13-15-28)25(30)29-20-8-4-6-10-23(20)34-24-11-7-5-9-21(24)29/h4-16,22H,3H2,1-2H3/q+1/b18-16+. The third kappa shape index (κ3) is 4.51. The highest BCUT2D eigenvalue weighted by Gasteiger charge is 2.37. The van der Waals surface area contributed by atoms with E-state index < -0.39 is 12.0 Å². The molecule has 34 heavy (non-hydrogen) atoms. The van der Waals surface area contributed by atoms with Crippen LogP contribution in [0.15, 0.2) is 94.5 Å². The number of pyridine rings is 1. The van der Waals surface area contributed by atoms with Gasteiger partial charge in [0, 0.05) is 28.0 Å². The maximum absolute atomic E-state index is 14.2. The zero-order valence-electron chi connectivity index (χ0n) is 18.7. The third-order valence-electron chi connectivity index (χ3n) is 5.22. The maximum Gasteiger partial charge on any atom is 0.348 e. The number of hydrogen-bond donors (Lipinski definition) is 0. The molecule has 1 aliphatic rings. The number of anilines is 2. The van der Waals surface area contributed by atoms with Gasteiger partial charge in [-0.25, -0.2) is 4.79 Å². The molecule has 0 spiro atoms. The lowest BCUT2D eigenvalue weighted by Gasteiger charge is -2.31. The fourth-order valence-electron chi connectivity index (χ4n) is 3.62. The first-order chi connectivity index (χ1) is 16.6. The van der Waals surface area contributed by atoms with E-state index in [0.29, 0.717) is 5.75 Å². The molecule has 0 saturated heterocycles. The van der Waals surface area contributed by atoms with E-state index in [1.54, 1.807) is 59.8 Å². The molecule has 0 fully saturated rings. The largest absolute Gasteiger partial charge is 0.496 e. The van der Waals surface area contributed by atoms with Gasteiger partial charge in [-0.05, 0) is 31.2 Å². The van der Waals surface area contributed by atoms with Crippen LogP contribution in [-0.2, 0) is 14.3 Å². The molecular formula is C26H22N3O4S+. The Hall–Kier alpha value is -4.09. The molecule has 0 saturated carbocycles. The minimum atomic E-state index is -0.992. The lowest BCUT2D eigenvalue weighted by atomic mass is 10.1. The van der Waals surface area contributed by atoms with Crippen molar-refractivity contribution in [1.82, 2.24) is 0 Å². The Morgan fingerprint density at radius 1 is 1.06 bits per heavy atom. The van der Waals surface area contributed by atoms with E-state index in [-0.39, 0.29) is 18.1 Å². The van der Waals surface area contributed by atoms with Crippen LogP contribution in [-0.4, -0.2) is 25.6 Å². The summed E-state index contributed by atoms with van der Waals surface area (Å²) in [5, 5.41) is 9.63. The van der Waals surface area contributed by atoms with Crippen LogP contribution >= 0.6 is 11.8 Å². The Balaban J connectivity index is 1.86. The van der Waals surface area contributed by atoms with Gasteiger partial charge in [0.1, 0.15) is 17.4 Å². The molecule has 0 aliphatic carbocycles. The molecule has 1 amide bonds. The predicted octanol–water partition coefficient (Wildman–Crippen LogP) is 4.37. The van der Waals surface area contributed by atoms with Gasteiger partial charge in [-0.15, -0.1) is 0 Å². The van der Waals surface area contributed by atoms with Gasteiger partial charge in [-0.2, -0.15) is 9.83 Å². The zero-order valence-corrected chi connectivity index (χ0v) is 19.5. The van der Waals surface area contributed by atoms with Gasteiger partial charge in [0.2, 0.25) is 0 Å². The average Bonchev–Trinajstić information content (AvgIpc) is 2.87. The highest BCUT2D eigenvalue weighted by Crippen LogP contribution is 2.48. The van der Waals surface area contributed by atoms with E-state index in [0.717, 1.165) is 21.2 Å². The fraction of sp³-hybridized carbons (Fsp3) is 0.154. The molecule has 7 nitrogen and oxygen atoms in total. The van der Waals surface area contributed by atoms with E-state index in [1.165, 1.54) is 6.08 Å². The second-order valence-corrected chi connectivity index (χ2v) is 8.34. The van der Waals surface area contributed by atoms with Crippen LogP contribution < -0.4 is 14.2 Å². The van der Waals surface area contributed by atoms with E-state index in [9.17, 15) is 14.9 Å². The van der Waals surface area contributed by atoms with Crippen molar-refractivity contribution in [3.63, 3.8) is 0 Å². The highest BCUT2D eigenvalue weighted by molar-refractivity contribution is 7.99. The van der Waals surface area contributed by atoms with Crippen LogP contribution in [0, 0.1) is 11.3 Å². The van der Waals surface area contributed by atoms with Crippen molar-refractivity contribution >= 4 is 35.0 Å². The summed E-state index contributed by atoms with van der Waals surface area (Å²) in [5.41, 5.74) is 1.23. The van der Waals surface area contributed by atoms with Crippen molar-refractivity contribution < 1.29 is 23.6 Å². The van der Waals surface area contributed by atoms with E-state index in [4.69, 9.17) is 9.47 Å². The Labute approximate surface area is 201 Å². The summed E-state index contributed by atoms with van der Waals surface area (Å²) in [4.78, 5) is 30.0. The van der Waals surface area contributed by atoms with Crippen LogP contribution in [0.4, 0.5) is 11.4 Å². The Morgan fingerprint density at radius 2 is 1.65 bits per heavy atom. The normalized spacial score (nSPS) is 13.2. The number of ether oxygens (including phenoxy) is 2. The first kappa shape index (κ1) is 23.1. The number of rotatable bonds is 6. The number of nitriles is 1. The predicted molar refractivity (Wildman–Crippen MR) is 127 cm³/mol. The molecule has 2 heterocycles. The zero-order chi connectivity index (χ0) is 24.1. The molecular weight excluding hydrogens is 450 g/mol. The van der Waals surface area contributed by atoms with Gasteiger partial charge < -0.3 is 9.47 Å². The average molecular weight is 473 g/mol. The minimum absolute atomic E-state index is 0.121. The summed E-state index contributed by atoms with van der Waals surface area (Å²) >= 11 is 1.59. The van der Waals surface area contributed by atoms with E-state index >= 15 is 0 Å². The second-order valence-electron chi connectivity index (χ2n) is 7.25. The Bertz CT molecular complexity index is 1250. The molecule has 2 aromatic carbocycles. The molecule has 1 aromatic heterocycles. The monoisotopic (exact) mass is 472 g/mol. The number of esters is 1. The van der Waals surface area contributed by atoms with Crippen molar-refractivity contribution in [1.29, 1.82) is 5.26 Å². The molecule has 8 heteroatoms. The molecule has 170 valence electrons. The maximum atomic E-state index is 14.2. The Kier molecular flexibility index (Phi) is 6.95. The fourth-order valence-corrected chi connectivity index (χ4v) is 4.68. The highest BCUT2D eigenvalue weighted by atomic mass is 32.2. The number of aromatic nitrogens is 1. The summed E-state index contributed by atoms with van der Waals surface area (Å²) in [7, 11) is 1.55. The van der Waals surface area contributed by atoms with E-state index in [1.807, 2.05) is 54.6 Å². The van der Waals surface area contributed by atoms with Gasteiger partial charge >= 0.3 is 11.9 Å². The summed E-state index contributed by atoms with van der Waals surface area (Å²) < 4.78 is 11.9. The van der Waals surface area contributed by atoms with Crippen LogP contribution in [0.3, 0.4) is 0 Å². The van der Waals surface area contributed by atoms with Crippen LogP contribution in [0.1, 0.15) is 13.0 Å². The second kappa shape index (κ2) is 10.2. The minimum Gasteiger partial charge on any atom is -0.496 e. The molecule has 1 unspecified atom stereocenters. The summed E-state index contributed by atoms with van der Waals surface area (Å²) in [6, 6.07) is 19.6. The van der Waals surface area contributed by atoms with Crippen molar-refractivity contribution in [3.8, 4) is 11.8 Å². The number of carbonyl (C=O) groups excluding carboxylic acids is 2. The smallest absolute Gasteiger partial charge is 0.348 e. The lowest BCUT2D eigenvalue weighted by Crippen LogP contribution is -2.48. The van der Waals surface area contributed by atoms with Crippen LogP contribution in [0.25, 0.3) is 0 Å². The van der Waals surface area contributed by atoms with Crippen molar-refractivity contribution in [2.45, 2.75) is 22.8 Å². The quantitative estimate of drug-likeness (QED) is 0.229. The van der Waals surface area contributed by atoms with Gasteiger partial charge in [-0.1, -0.05) is 36.0 Å². The number of fused-ring (bicyclic) bond motifs is 2. The molecule has 1 aliphatic heterocycles. The molecule has 0 bridgehead atoms. The molecule has 3 aromatic rings. The van der Waals surface area contributed by atoms with Crippen LogP contribution in [0.5, 0.6) is 5.75 Å². The topological polar surface area (TPSA) is 83.5 Å². The third-order valence-corrected chi connectivity index (χ3v) is 6.36. The molecule has 0 N–H and O–H groups in total. The first-order valence-corrected chi connectivity index (χ1v) is 11.4. The number of carbonyl (C=O) groups is 2. The van der Waals surface area contributed by atoms with Gasteiger partial charge in [0.25, 0.3) is 6.04 Å². The van der Waals surface area contributed by atoms with Gasteiger partial charge in [0.15, 0.2) is 12.4 Å². The van der Waals surface area contributed by atoms with Crippen molar-refractivity contribution in [2.24, 2.45) is 0 Å². The number of nitrogens with zero attached hydrogens (tertiary/aromatic N) is 3. The number of benzene rings is 2. The molecule has 4 rings (SSSR count). The summed E-state index contributed by atoms with van der Waals surface area (Å²) in [5.74, 6) is -0.485. The summed E-state index contributed by atoms with van der Waals surface area (Å²) in [6.45, 7) is 1.78. The number of hydrogen-bond acceptors (Lipinski definition) is 6. The molecule has 1 atom stereocenters. The first-order valence-electron chi connectivity index (χ1n) is 10.6. The number of para-hydroxylation sites is 2. The SMILES string of the molecule is CCOC(=O)/C(C#N)=C/C(C(=O)N1c2ccccc2Sc2ccccc21)[n+]1ccc(OC)cc1. The Morgan fingerprint density at radius 3 is 2.18 bits per heavy atom. The van der Waals surface area contributed by atoms with Crippen molar-refractivity contribution in [2.75, 3.05) is 18.6 Å². The van der Waals surface area contributed by atoms with Gasteiger partial charge in [-0.3, -0.25) is 9.69 Å². The lowest BCUT2D eigenvalue weighted by molar-refractivity contribution is -0.699. The van der Waals surface area contributed by atoms with E-state index in [2.05, 4.69) is 0 Å². The summed E-state index contributed by atoms with van der Waals surface area (Å²) in [6.07, 6.45) is 4.70. The number of amides is 1. The number of methoxy groups -OCH3 is 1. The van der Waals surface area contributed by atoms with Crippen LogP contribution in [0.2, 0.25) is 0 Å². The van der Waals surface area contributed by atoms with Gasteiger partial charge in [0.05, 0.1) is 25.1 Å².